The van der Waals surface area contributed by atoms with E-state index in [2.05, 4.69) is 26.9 Å². The highest BCUT2D eigenvalue weighted by atomic mass is 16.6. The molecule has 0 unspecified atom stereocenters. The van der Waals surface area contributed by atoms with Gasteiger partial charge in [-0.15, -0.1) is 0 Å². The van der Waals surface area contributed by atoms with Crippen LogP contribution in [-0.2, 0) is 17.9 Å². The lowest BCUT2D eigenvalue weighted by atomic mass is 10.00. The van der Waals surface area contributed by atoms with Crippen LogP contribution in [0, 0.1) is 10.1 Å². The Hall–Kier alpha value is -3.52. The first-order valence-corrected chi connectivity index (χ1v) is 10.5. The predicted molar refractivity (Wildman–Crippen MR) is 116 cm³/mol. The zero-order chi connectivity index (χ0) is 21.4. The topological polar surface area (TPSA) is 82.3 Å². The number of non-ortho nitro benzene ring substituents is 1. The Morgan fingerprint density at radius 3 is 2.45 bits per heavy atom. The van der Waals surface area contributed by atoms with Gasteiger partial charge < -0.3 is 4.90 Å². The lowest BCUT2D eigenvalue weighted by molar-refractivity contribution is -0.384. The van der Waals surface area contributed by atoms with E-state index in [1.807, 2.05) is 18.2 Å². The zero-order valence-electron chi connectivity index (χ0n) is 17.1. The highest BCUT2D eigenvalue weighted by Crippen LogP contribution is 2.32. The van der Waals surface area contributed by atoms with Crippen molar-refractivity contribution in [2.75, 3.05) is 26.2 Å². The molecule has 2 aromatic carbocycles. The molecule has 0 bridgehead atoms. The van der Waals surface area contributed by atoms with Gasteiger partial charge in [0.1, 0.15) is 0 Å². The Morgan fingerprint density at radius 1 is 0.968 bits per heavy atom. The van der Waals surface area contributed by atoms with E-state index in [4.69, 9.17) is 0 Å². The fourth-order valence-electron chi connectivity index (χ4n) is 4.50. The molecule has 0 spiro atoms. The van der Waals surface area contributed by atoms with Crippen molar-refractivity contribution in [2.45, 2.75) is 19.5 Å². The van der Waals surface area contributed by atoms with Gasteiger partial charge in [0.15, 0.2) is 0 Å². The lowest BCUT2D eigenvalue weighted by Crippen LogP contribution is -2.53. The van der Waals surface area contributed by atoms with Gasteiger partial charge in [-0.2, -0.15) is 0 Å². The van der Waals surface area contributed by atoms with Crippen molar-refractivity contribution in [1.29, 1.82) is 0 Å². The number of rotatable bonds is 5. The molecule has 0 atom stereocenters. The summed E-state index contributed by atoms with van der Waals surface area (Å²) in [6, 6.07) is 16.7. The summed E-state index contributed by atoms with van der Waals surface area (Å²) >= 11 is 0. The summed E-state index contributed by atoms with van der Waals surface area (Å²) in [5, 5.41) is 10.9. The van der Waals surface area contributed by atoms with Crippen LogP contribution in [0.2, 0.25) is 0 Å². The van der Waals surface area contributed by atoms with Gasteiger partial charge in [-0.1, -0.05) is 42.5 Å². The molecule has 31 heavy (non-hydrogen) atoms. The van der Waals surface area contributed by atoms with Gasteiger partial charge in [0, 0.05) is 50.4 Å². The van der Waals surface area contributed by atoms with Crippen molar-refractivity contribution >= 4 is 17.6 Å². The minimum absolute atomic E-state index is 0.0111. The van der Waals surface area contributed by atoms with E-state index >= 15 is 0 Å². The summed E-state index contributed by atoms with van der Waals surface area (Å²) in [5.74, 6) is 0.696. The number of carbonyl (C=O) groups is 1. The van der Waals surface area contributed by atoms with Crippen LogP contribution in [0.1, 0.15) is 17.5 Å². The van der Waals surface area contributed by atoms with E-state index in [0.29, 0.717) is 25.6 Å². The molecule has 0 aromatic heterocycles. The van der Waals surface area contributed by atoms with E-state index < -0.39 is 4.92 Å². The second-order valence-electron chi connectivity index (χ2n) is 8.02. The van der Waals surface area contributed by atoms with Gasteiger partial charge in [-0.05, 0) is 11.1 Å². The molecule has 0 N–H and O–H groups in total. The molecule has 0 radical (unpaired) electrons. The second kappa shape index (κ2) is 7.96. The third-order valence-electron chi connectivity index (χ3n) is 6.02. The molecule has 3 heterocycles. The summed E-state index contributed by atoms with van der Waals surface area (Å²) in [5.41, 5.74) is 4.06. The van der Waals surface area contributed by atoms with E-state index in [0.717, 1.165) is 42.9 Å². The van der Waals surface area contributed by atoms with Crippen LogP contribution < -0.4 is 0 Å². The number of hydrogen-bond donors (Lipinski definition) is 0. The van der Waals surface area contributed by atoms with E-state index in [-0.39, 0.29) is 11.6 Å². The number of benzene rings is 2. The second-order valence-corrected chi connectivity index (χ2v) is 8.02. The van der Waals surface area contributed by atoms with Gasteiger partial charge in [-0.25, -0.2) is 0 Å². The lowest BCUT2D eigenvalue weighted by Gasteiger charge is -2.42. The van der Waals surface area contributed by atoms with Crippen LogP contribution in [0.4, 0.5) is 5.69 Å². The zero-order valence-corrected chi connectivity index (χ0v) is 17.1. The average molecular weight is 417 g/mol. The molecule has 1 amide bonds. The first kappa shape index (κ1) is 19.4. The Labute approximate surface area is 180 Å². The largest absolute Gasteiger partial charge is 0.314 e. The van der Waals surface area contributed by atoms with Crippen LogP contribution in [0.15, 0.2) is 70.9 Å². The molecular formula is C23H23N5O3. The molecule has 2 aromatic rings. The van der Waals surface area contributed by atoms with Crippen LogP contribution >= 0.6 is 0 Å². The highest BCUT2D eigenvalue weighted by molar-refractivity contribution is 6.09. The Balaban J connectivity index is 1.38. The van der Waals surface area contributed by atoms with Crippen molar-refractivity contribution in [3.63, 3.8) is 0 Å². The quantitative estimate of drug-likeness (QED) is 0.552. The van der Waals surface area contributed by atoms with Gasteiger partial charge >= 0.3 is 0 Å². The SMILES string of the molecule is O=C1C2=C(CCN(Cc3ccccc3)C2)N2CCN=C2N1Cc1ccc([N+](=O)[O-])cc1. The summed E-state index contributed by atoms with van der Waals surface area (Å²) < 4.78 is 0. The molecule has 158 valence electrons. The van der Waals surface area contributed by atoms with Gasteiger partial charge in [-0.3, -0.25) is 29.7 Å². The predicted octanol–water partition coefficient (Wildman–Crippen LogP) is 2.77. The number of guanidine groups is 1. The van der Waals surface area contributed by atoms with Crippen molar-refractivity contribution < 1.29 is 9.72 Å². The van der Waals surface area contributed by atoms with Gasteiger partial charge in [0.05, 0.1) is 23.6 Å². The number of nitro benzene ring substituents is 1. The fourth-order valence-corrected chi connectivity index (χ4v) is 4.50. The molecule has 3 aliphatic heterocycles. The fraction of sp³-hybridized carbons (Fsp3) is 0.304. The molecule has 5 rings (SSSR count). The monoisotopic (exact) mass is 417 g/mol. The summed E-state index contributed by atoms with van der Waals surface area (Å²) in [6.07, 6.45) is 0.832. The maximum Gasteiger partial charge on any atom is 0.269 e. The minimum atomic E-state index is -0.418. The first-order valence-electron chi connectivity index (χ1n) is 10.5. The van der Waals surface area contributed by atoms with Crippen molar-refractivity contribution in [2.24, 2.45) is 4.99 Å². The molecule has 0 saturated heterocycles. The van der Waals surface area contributed by atoms with Gasteiger partial charge in [0.2, 0.25) is 5.96 Å². The Bertz CT molecular complexity index is 1080. The molecule has 3 aliphatic rings. The van der Waals surface area contributed by atoms with E-state index in [1.165, 1.54) is 17.7 Å². The Morgan fingerprint density at radius 2 is 1.71 bits per heavy atom. The number of hydrogen-bond acceptors (Lipinski definition) is 6. The van der Waals surface area contributed by atoms with Crippen LogP contribution in [-0.4, -0.2) is 57.7 Å². The standard InChI is InChI=1S/C23H23N5O3/c29-22-20-16-25(14-17-4-2-1-3-5-17)12-10-21(20)26-13-11-24-23(26)27(22)15-18-6-8-19(9-7-18)28(30)31/h1-9H,10-16H2. The maximum atomic E-state index is 13.5. The molecular weight excluding hydrogens is 394 g/mol. The molecule has 8 nitrogen and oxygen atoms in total. The van der Waals surface area contributed by atoms with Crippen LogP contribution in [0.3, 0.4) is 0 Å². The number of nitrogens with zero attached hydrogens (tertiary/aromatic N) is 5. The number of carbonyl (C=O) groups excluding carboxylic acids is 1. The summed E-state index contributed by atoms with van der Waals surface area (Å²) in [6.45, 7) is 4.15. The number of aliphatic imine (C=N–C) groups is 1. The van der Waals surface area contributed by atoms with Gasteiger partial charge in [0.25, 0.3) is 11.6 Å². The number of fused-ring (bicyclic) bond motifs is 2. The van der Waals surface area contributed by atoms with Crippen LogP contribution in [0.5, 0.6) is 0 Å². The molecule has 0 aliphatic carbocycles. The molecule has 0 saturated carbocycles. The normalized spacial score (nSPS) is 18.7. The minimum Gasteiger partial charge on any atom is -0.314 e. The average Bonchev–Trinajstić information content (AvgIpc) is 3.27. The molecule has 0 fully saturated rings. The summed E-state index contributed by atoms with van der Waals surface area (Å²) in [4.78, 5) is 34.8. The summed E-state index contributed by atoms with van der Waals surface area (Å²) in [7, 11) is 0. The van der Waals surface area contributed by atoms with E-state index in [1.54, 1.807) is 17.0 Å². The third kappa shape index (κ3) is 3.70. The number of amides is 1. The van der Waals surface area contributed by atoms with Crippen molar-refractivity contribution in [3.8, 4) is 0 Å². The number of nitro groups is 1. The Kier molecular flexibility index (Phi) is 4.99. The van der Waals surface area contributed by atoms with Crippen molar-refractivity contribution in [1.82, 2.24) is 14.7 Å². The van der Waals surface area contributed by atoms with E-state index in [9.17, 15) is 14.9 Å². The van der Waals surface area contributed by atoms with Crippen molar-refractivity contribution in [3.05, 3.63) is 87.1 Å². The first-order chi connectivity index (χ1) is 15.1. The third-order valence-corrected chi connectivity index (χ3v) is 6.02. The smallest absolute Gasteiger partial charge is 0.269 e. The highest BCUT2D eigenvalue weighted by Gasteiger charge is 2.40. The van der Waals surface area contributed by atoms with Crippen LogP contribution in [0.25, 0.3) is 0 Å². The maximum absolute atomic E-state index is 13.5. The molecule has 8 heteroatoms.